The van der Waals surface area contributed by atoms with Gasteiger partial charge in [-0.2, -0.15) is 4.31 Å². The maximum atomic E-state index is 12.8. The fourth-order valence-electron chi connectivity index (χ4n) is 3.43. The number of hydrogen-bond acceptors (Lipinski definition) is 5. The van der Waals surface area contributed by atoms with Crippen molar-refractivity contribution in [3.8, 4) is 0 Å². The zero-order valence-electron chi connectivity index (χ0n) is 14.9. The van der Waals surface area contributed by atoms with Gasteiger partial charge in [-0.05, 0) is 44.0 Å². The van der Waals surface area contributed by atoms with Crippen LogP contribution in [0.5, 0.6) is 0 Å². The Balaban J connectivity index is 1.55. The normalized spacial score (nSPS) is 16.6. The Bertz CT molecular complexity index is 1130. The van der Waals surface area contributed by atoms with E-state index in [2.05, 4.69) is 10.3 Å². The second-order valence-corrected chi connectivity index (χ2v) is 8.74. The summed E-state index contributed by atoms with van der Waals surface area (Å²) in [7, 11) is -3.52. The first-order chi connectivity index (χ1) is 13.0. The van der Waals surface area contributed by atoms with Crippen LogP contribution in [0.25, 0.3) is 10.9 Å². The minimum absolute atomic E-state index is 0.154. The van der Waals surface area contributed by atoms with Gasteiger partial charge in [-0.15, -0.1) is 5.10 Å². The number of hydrogen-bond donors (Lipinski definition) is 0. The highest BCUT2D eigenvalue weighted by Crippen LogP contribution is 2.26. The Hall–Kier alpha value is -2.58. The quantitative estimate of drug-likeness (QED) is 0.691. The molecule has 8 heteroatoms. The van der Waals surface area contributed by atoms with Crippen molar-refractivity contribution >= 4 is 20.9 Å². The van der Waals surface area contributed by atoms with Crippen LogP contribution < -0.4 is 5.56 Å². The molecule has 1 aromatic heterocycles. The summed E-state index contributed by atoms with van der Waals surface area (Å²) in [5, 5.41) is 8.72. The van der Waals surface area contributed by atoms with E-state index >= 15 is 0 Å². The molecule has 0 atom stereocenters. The van der Waals surface area contributed by atoms with Crippen LogP contribution in [0.3, 0.4) is 0 Å². The Kier molecular flexibility index (Phi) is 4.53. The highest BCUT2D eigenvalue weighted by molar-refractivity contribution is 7.89. The predicted octanol–water partition coefficient (Wildman–Crippen LogP) is 2.13. The largest absolute Gasteiger partial charge is 0.277 e. The van der Waals surface area contributed by atoms with Gasteiger partial charge in [-0.25, -0.2) is 13.1 Å². The van der Waals surface area contributed by atoms with Crippen LogP contribution in [0.15, 0.2) is 58.2 Å². The van der Waals surface area contributed by atoms with Crippen molar-refractivity contribution in [3.05, 3.63) is 64.4 Å². The van der Waals surface area contributed by atoms with E-state index in [1.807, 2.05) is 13.0 Å². The molecule has 2 aromatic carbocycles. The van der Waals surface area contributed by atoms with Crippen LogP contribution in [0, 0.1) is 6.92 Å². The third-order valence-electron chi connectivity index (χ3n) is 5.02. The van der Waals surface area contributed by atoms with Crippen molar-refractivity contribution in [2.24, 2.45) is 0 Å². The standard InChI is InChI=1S/C19H20N4O3S/c1-14-6-8-16(9-7-14)27(25,26)22-12-10-15(11-13-22)23-19(24)17-4-2-3-5-18(17)20-21-23/h2-9,15H,10-13H2,1H3. The van der Waals surface area contributed by atoms with Gasteiger partial charge in [0.2, 0.25) is 10.0 Å². The number of piperidine rings is 1. The van der Waals surface area contributed by atoms with Crippen molar-refractivity contribution in [1.82, 2.24) is 19.3 Å². The summed E-state index contributed by atoms with van der Waals surface area (Å²) in [5.41, 5.74) is 1.40. The molecule has 140 valence electrons. The molecule has 0 N–H and O–H groups in total. The summed E-state index contributed by atoms with van der Waals surface area (Å²) in [6.45, 7) is 2.62. The minimum Gasteiger partial charge on any atom is -0.267 e. The molecule has 1 aliphatic heterocycles. The Morgan fingerprint density at radius 2 is 1.67 bits per heavy atom. The molecule has 0 bridgehead atoms. The van der Waals surface area contributed by atoms with Crippen LogP contribution in [0.4, 0.5) is 0 Å². The van der Waals surface area contributed by atoms with Gasteiger partial charge in [-0.3, -0.25) is 4.79 Å². The molecule has 0 saturated carbocycles. The first kappa shape index (κ1) is 17.8. The summed E-state index contributed by atoms with van der Waals surface area (Å²) in [6, 6.07) is 13.8. The third kappa shape index (κ3) is 3.26. The Labute approximate surface area is 157 Å². The van der Waals surface area contributed by atoms with E-state index in [1.54, 1.807) is 42.5 Å². The fourth-order valence-corrected chi connectivity index (χ4v) is 4.90. The molecule has 1 fully saturated rings. The van der Waals surface area contributed by atoms with Gasteiger partial charge in [0.15, 0.2) is 0 Å². The van der Waals surface area contributed by atoms with E-state index in [-0.39, 0.29) is 11.6 Å². The summed E-state index contributed by atoms with van der Waals surface area (Å²) < 4.78 is 28.5. The van der Waals surface area contributed by atoms with Crippen molar-refractivity contribution in [2.75, 3.05) is 13.1 Å². The first-order valence-electron chi connectivity index (χ1n) is 8.88. The third-order valence-corrected chi connectivity index (χ3v) is 6.93. The van der Waals surface area contributed by atoms with E-state index in [0.717, 1.165) is 5.56 Å². The van der Waals surface area contributed by atoms with Crippen molar-refractivity contribution in [3.63, 3.8) is 0 Å². The summed E-state index contributed by atoms with van der Waals surface area (Å²) >= 11 is 0. The molecule has 3 aromatic rings. The van der Waals surface area contributed by atoms with E-state index in [1.165, 1.54) is 8.99 Å². The van der Waals surface area contributed by atoms with E-state index in [4.69, 9.17) is 0 Å². The molecule has 2 heterocycles. The van der Waals surface area contributed by atoms with Crippen LogP contribution in [0.2, 0.25) is 0 Å². The van der Waals surface area contributed by atoms with E-state index in [9.17, 15) is 13.2 Å². The van der Waals surface area contributed by atoms with Gasteiger partial charge < -0.3 is 0 Å². The maximum absolute atomic E-state index is 12.8. The van der Waals surface area contributed by atoms with Crippen molar-refractivity contribution in [2.45, 2.75) is 30.7 Å². The highest BCUT2D eigenvalue weighted by atomic mass is 32.2. The topological polar surface area (TPSA) is 85.2 Å². The monoisotopic (exact) mass is 384 g/mol. The molecule has 7 nitrogen and oxygen atoms in total. The van der Waals surface area contributed by atoms with Crippen LogP contribution in [-0.2, 0) is 10.0 Å². The molecular formula is C19H20N4O3S. The highest BCUT2D eigenvalue weighted by Gasteiger charge is 2.31. The molecule has 0 spiro atoms. The minimum atomic E-state index is -3.52. The lowest BCUT2D eigenvalue weighted by atomic mass is 10.1. The zero-order chi connectivity index (χ0) is 19.0. The second-order valence-electron chi connectivity index (χ2n) is 6.80. The lowest BCUT2D eigenvalue weighted by molar-refractivity contribution is 0.251. The number of fused-ring (bicyclic) bond motifs is 1. The summed E-state index contributed by atoms with van der Waals surface area (Å²) in [4.78, 5) is 13.0. The molecular weight excluding hydrogens is 364 g/mol. The molecule has 0 unspecified atom stereocenters. The van der Waals surface area contributed by atoms with Gasteiger partial charge in [0.25, 0.3) is 5.56 Å². The van der Waals surface area contributed by atoms with Gasteiger partial charge in [0.1, 0.15) is 5.52 Å². The number of aromatic nitrogens is 3. The number of benzene rings is 2. The van der Waals surface area contributed by atoms with Gasteiger partial charge in [0.05, 0.1) is 16.3 Å². The molecule has 1 saturated heterocycles. The smallest absolute Gasteiger partial charge is 0.267 e. The second kappa shape index (κ2) is 6.86. The number of aryl methyl sites for hydroxylation is 1. The molecule has 4 rings (SSSR count). The first-order valence-corrected chi connectivity index (χ1v) is 10.3. The SMILES string of the molecule is Cc1ccc(S(=O)(=O)N2CCC(n3nnc4ccccc4c3=O)CC2)cc1. The summed E-state index contributed by atoms with van der Waals surface area (Å²) in [6.07, 6.45) is 1.05. The fraction of sp³-hybridized carbons (Fsp3) is 0.316. The number of rotatable bonds is 3. The van der Waals surface area contributed by atoms with Gasteiger partial charge >= 0.3 is 0 Å². The summed E-state index contributed by atoms with van der Waals surface area (Å²) in [5.74, 6) is 0. The van der Waals surface area contributed by atoms with Crippen LogP contribution in [-0.4, -0.2) is 40.8 Å². The molecule has 0 amide bonds. The average Bonchev–Trinajstić information content (AvgIpc) is 2.69. The molecule has 1 aliphatic rings. The average molecular weight is 384 g/mol. The molecule has 0 aliphatic carbocycles. The lowest BCUT2D eigenvalue weighted by Gasteiger charge is -2.31. The van der Waals surface area contributed by atoms with Crippen molar-refractivity contribution in [1.29, 1.82) is 0 Å². The van der Waals surface area contributed by atoms with E-state index < -0.39 is 10.0 Å². The molecule has 27 heavy (non-hydrogen) atoms. The van der Waals surface area contributed by atoms with Gasteiger partial charge in [0, 0.05) is 13.1 Å². The van der Waals surface area contributed by atoms with Gasteiger partial charge in [-0.1, -0.05) is 35.0 Å². The van der Waals surface area contributed by atoms with E-state index in [0.29, 0.717) is 41.7 Å². The van der Waals surface area contributed by atoms with Crippen molar-refractivity contribution < 1.29 is 8.42 Å². The Morgan fingerprint density at radius 3 is 2.37 bits per heavy atom. The number of sulfonamides is 1. The number of nitrogens with zero attached hydrogens (tertiary/aromatic N) is 4. The molecule has 0 radical (unpaired) electrons. The van der Waals surface area contributed by atoms with Crippen LogP contribution in [0.1, 0.15) is 24.4 Å². The predicted molar refractivity (Wildman–Crippen MR) is 102 cm³/mol. The lowest BCUT2D eigenvalue weighted by Crippen LogP contribution is -2.41. The Morgan fingerprint density at radius 1 is 1.00 bits per heavy atom. The maximum Gasteiger partial charge on any atom is 0.277 e. The van der Waals surface area contributed by atoms with Crippen LogP contribution >= 0.6 is 0 Å². The zero-order valence-corrected chi connectivity index (χ0v) is 15.8.